The Balaban J connectivity index is 1.89. The molecule has 0 aliphatic rings. The normalized spacial score (nSPS) is 10.5. The van der Waals surface area contributed by atoms with Crippen LogP contribution in [0.4, 0.5) is 0 Å². The van der Waals surface area contributed by atoms with Gasteiger partial charge in [-0.15, -0.1) is 0 Å². The lowest BCUT2D eigenvalue weighted by Gasteiger charge is -2.09. The highest BCUT2D eigenvalue weighted by Crippen LogP contribution is 2.27. The molecule has 0 amide bonds. The molecule has 0 bridgehead atoms. The van der Waals surface area contributed by atoms with E-state index in [1.165, 1.54) is 6.07 Å². The van der Waals surface area contributed by atoms with Crippen molar-refractivity contribution in [3.8, 4) is 22.8 Å². The molecule has 1 aromatic carbocycles. The van der Waals surface area contributed by atoms with Gasteiger partial charge in [-0.2, -0.15) is 0 Å². The topological polar surface area (TPSA) is 64.4 Å². The highest BCUT2D eigenvalue weighted by atomic mass is 16.5. The molecule has 0 atom stereocenters. The lowest BCUT2D eigenvalue weighted by molar-refractivity contribution is 0.0695. The smallest absolute Gasteiger partial charge is 0.336 e. The van der Waals surface area contributed by atoms with Crippen LogP contribution in [-0.2, 0) is 7.05 Å². The van der Waals surface area contributed by atoms with E-state index in [-0.39, 0.29) is 5.56 Å². The maximum Gasteiger partial charge on any atom is 0.336 e. The number of carboxylic acid groups (broad SMARTS) is 1. The summed E-state index contributed by atoms with van der Waals surface area (Å²) in [6, 6.07) is 10.6. The number of aryl methyl sites for hydroxylation is 2. The second kappa shape index (κ2) is 5.96. The SMILES string of the molecule is Cc1ccc(Oc2ccnc(-c3ccn(C)c3)c2)cc1C(=O)O. The molecule has 116 valence electrons. The molecule has 2 aromatic heterocycles. The van der Waals surface area contributed by atoms with Crippen LogP contribution in [0.3, 0.4) is 0 Å². The summed E-state index contributed by atoms with van der Waals surface area (Å²) >= 11 is 0. The van der Waals surface area contributed by atoms with Crippen molar-refractivity contribution in [2.45, 2.75) is 6.92 Å². The second-order valence-corrected chi connectivity index (χ2v) is 5.33. The van der Waals surface area contributed by atoms with Crippen LogP contribution in [-0.4, -0.2) is 20.6 Å². The summed E-state index contributed by atoms with van der Waals surface area (Å²) in [6.45, 7) is 1.76. The standard InChI is InChI=1S/C18H16N2O3/c1-12-3-4-14(9-16(12)18(21)22)23-15-5-7-19-17(10-15)13-6-8-20(2)11-13/h3-11H,1-2H3,(H,21,22). The Morgan fingerprint density at radius 1 is 1.17 bits per heavy atom. The number of ether oxygens (including phenoxy) is 1. The minimum atomic E-state index is -0.965. The lowest BCUT2D eigenvalue weighted by atomic mass is 10.1. The number of hydrogen-bond acceptors (Lipinski definition) is 3. The Morgan fingerprint density at radius 3 is 2.65 bits per heavy atom. The summed E-state index contributed by atoms with van der Waals surface area (Å²) < 4.78 is 7.73. The van der Waals surface area contributed by atoms with Gasteiger partial charge < -0.3 is 14.4 Å². The molecular formula is C18H16N2O3. The van der Waals surface area contributed by atoms with Crippen LogP contribution in [0.2, 0.25) is 0 Å². The fraction of sp³-hybridized carbons (Fsp3) is 0.111. The molecule has 0 spiro atoms. The summed E-state index contributed by atoms with van der Waals surface area (Å²) in [5, 5.41) is 9.18. The quantitative estimate of drug-likeness (QED) is 0.794. The molecule has 23 heavy (non-hydrogen) atoms. The van der Waals surface area contributed by atoms with Gasteiger partial charge in [0.25, 0.3) is 0 Å². The van der Waals surface area contributed by atoms with Gasteiger partial charge in [0.15, 0.2) is 0 Å². The molecule has 5 heteroatoms. The number of aromatic carboxylic acids is 1. The van der Waals surface area contributed by atoms with Crippen molar-refractivity contribution in [3.63, 3.8) is 0 Å². The molecule has 0 unspecified atom stereocenters. The van der Waals surface area contributed by atoms with E-state index in [9.17, 15) is 9.90 Å². The number of rotatable bonds is 4. The van der Waals surface area contributed by atoms with E-state index < -0.39 is 5.97 Å². The van der Waals surface area contributed by atoms with Crippen LogP contribution >= 0.6 is 0 Å². The molecule has 0 aliphatic carbocycles. The highest BCUT2D eigenvalue weighted by molar-refractivity contribution is 5.89. The van der Waals surface area contributed by atoms with E-state index in [1.807, 2.05) is 36.1 Å². The van der Waals surface area contributed by atoms with Crippen molar-refractivity contribution in [2.24, 2.45) is 7.05 Å². The number of aromatic nitrogens is 2. The van der Waals surface area contributed by atoms with Crippen molar-refractivity contribution in [1.82, 2.24) is 9.55 Å². The zero-order valence-corrected chi connectivity index (χ0v) is 12.9. The van der Waals surface area contributed by atoms with Crippen molar-refractivity contribution in [1.29, 1.82) is 0 Å². The molecule has 3 rings (SSSR count). The van der Waals surface area contributed by atoms with Crippen LogP contribution in [0.15, 0.2) is 55.0 Å². The Bertz CT molecular complexity index is 868. The van der Waals surface area contributed by atoms with Crippen molar-refractivity contribution < 1.29 is 14.6 Å². The van der Waals surface area contributed by atoms with E-state index in [4.69, 9.17) is 4.74 Å². The van der Waals surface area contributed by atoms with Crippen molar-refractivity contribution in [2.75, 3.05) is 0 Å². The number of hydrogen-bond donors (Lipinski definition) is 1. The Hall–Kier alpha value is -3.08. The van der Waals surface area contributed by atoms with E-state index >= 15 is 0 Å². The fourth-order valence-corrected chi connectivity index (χ4v) is 2.32. The zero-order valence-electron chi connectivity index (χ0n) is 12.9. The minimum absolute atomic E-state index is 0.236. The summed E-state index contributed by atoms with van der Waals surface area (Å²) in [6.07, 6.45) is 5.59. The van der Waals surface area contributed by atoms with E-state index in [1.54, 1.807) is 31.3 Å². The van der Waals surface area contributed by atoms with Crippen LogP contribution in [0, 0.1) is 6.92 Å². The lowest BCUT2D eigenvalue weighted by Crippen LogP contribution is -2.00. The first-order valence-electron chi connectivity index (χ1n) is 7.13. The van der Waals surface area contributed by atoms with Gasteiger partial charge in [0.1, 0.15) is 11.5 Å². The molecule has 0 aliphatic heterocycles. The molecule has 0 saturated carbocycles. The maximum absolute atomic E-state index is 11.2. The highest BCUT2D eigenvalue weighted by Gasteiger charge is 2.09. The maximum atomic E-state index is 11.2. The monoisotopic (exact) mass is 308 g/mol. The third-order valence-electron chi connectivity index (χ3n) is 3.53. The number of pyridine rings is 1. The van der Waals surface area contributed by atoms with Crippen molar-refractivity contribution >= 4 is 5.97 Å². The van der Waals surface area contributed by atoms with Gasteiger partial charge in [0, 0.05) is 37.3 Å². The average molecular weight is 308 g/mol. The average Bonchev–Trinajstić information content (AvgIpc) is 2.96. The third kappa shape index (κ3) is 3.23. The Labute approximate surface area is 133 Å². The number of nitrogens with zero attached hydrogens (tertiary/aromatic N) is 2. The van der Waals surface area contributed by atoms with Gasteiger partial charge in [-0.3, -0.25) is 4.98 Å². The zero-order chi connectivity index (χ0) is 16.4. The molecule has 1 N–H and O–H groups in total. The minimum Gasteiger partial charge on any atom is -0.478 e. The first-order chi connectivity index (χ1) is 11.0. The van der Waals surface area contributed by atoms with E-state index in [2.05, 4.69) is 4.98 Å². The predicted molar refractivity (Wildman–Crippen MR) is 86.9 cm³/mol. The molecule has 3 aromatic rings. The molecule has 0 fully saturated rings. The van der Waals surface area contributed by atoms with Crippen LogP contribution < -0.4 is 4.74 Å². The van der Waals surface area contributed by atoms with Gasteiger partial charge in [0.2, 0.25) is 0 Å². The fourth-order valence-electron chi connectivity index (χ4n) is 2.32. The first-order valence-corrected chi connectivity index (χ1v) is 7.13. The summed E-state index contributed by atoms with van der Waals surface area (Å²) in [7, 11) is 1.95. The summed E-state index contributed by atoms with van der Waals surface area (Å²) in [4.78, 5) is 15.5. The van der Waals surface area contributed by atoms with Gasteiger partial charge in [-0.1, -0.05) is 6.07 Å². The third-order valence-corrected chi connectivity index (χ3v) is 3.53. The molecule has 5 nitrogen and oxygen atoms in total. The molecule has 0 saturated heterocycles. The van der Waals surface area contributed by atoms with Gasteiger partial charge >= 0.3 is 5.97 Å². The summed E-state index contributed by atoms with van der Waals surface area (Å²) in [5.74, 6) is 0.130. The molecular weight excluding hydrogens is 292 g/mol. The molecule has 2 heterocycles. The number of carbonyl (C=O) groups is 1. The Kier molecular flexibility index (Phi) is 3.85. The first kappa shape index (κ1) is 14.8. The largest absolute Gasteiger partial charge is 0.478 e. The van der Waals surface area contributed by atoms with Crippen molar-refractivity contribution in [3.05, 3.63) is 66.1 Å². The van der Waals surface area contributed by atoms with Crippen LogP contribution in [0.5, 0.6) is 11.5 Å². The number of benzene rings is 1. The van der Waals surface area contributed by atoms with Gasteiger partial charge in [-0.05, 0) is 36.8 Å². The number of carboxylic acids is 1. The van der Waals surface area contributed by atoms with E-state index in [0.717, 1.165) is 11.3 Å². The van der Waals surface area contributed by atoms with E-state index in [0.29, 0.717) is 17.1 Å². The van der Waals surface area contributed by atoms with Crippen LogP contribution in [0.25, 0.3) is 11.3 Å². The van der Waals surface area contributed by atoms with Gasteiger partial charge in [-0.25, -0.2) is 4.79 Å². The summed E-state index contributed by atoms with van der Waals surface area (Å²) in [5.41, 5.74) is 2.73. The van der Waals surface area contributed by atoms with Crippen LogP contribution in [0.1, 0.15) is 15.9 Å². The predicted octanol–water partition coefficient (Wildman–Crippen LogP) is 3.89. The molecule has 0 radical (unpaired) electrons. The Morgan fingerprint density at radius 2 is 1.96 bits per heavy atom. The second-order valence-electron chi connectivity index (χ2n) is 5.33. The van der Waals surface area contributed by atoms with Gasteiger partial charge in [0.05, 0.1) is 11.3 Å².